The molecule has 5 nitrogen and oxygen atoms in total. The predicted molar refractivity (Wildman–Crippen MR) is 63.0 cm³/mol. The second kappa shape index (κ2) is 4.71. The summed E-state index contributed by atoms with van der Waals surface area (Å²) in [7, 11) is 0. The van der Waals surface area contributed by atoms with E-state index in [1.165, 1.54) is 12.3 Å². The Bertz CT molecular complexity index is 461. The summed E-state index contributed by atoms with van der Waals surface area (Å²) in [5.74, 6) is -0.232. The van der Waals surface area contributed by atoms with Crippen LogP contribution in [-0.2, 0) is 4.74 Å². The highest BCUT2D eigenvalue weighted by Gasteiger charge is 2.29. The van der Waals surface area contributed by atoms with E-state index in [0.29, 0.717) is 12.2 Å². The van der Waals surface area contributed by atoms with Crippen molar-refractivity contribution in [1.29, 1.82) is 0 Å². The highest BCUT2D eigenvalue weighted by molar-refractivity contribution is 5.94. The number of carbonyl (C=O) groups is 1. The van der Waals surface area contributed by atoms with Crippen molar-refractivity contribution in [3.8, 4) is 0 Å². The van der Waals surface area contributed by atoms with Crippen LogP contribution < -0.4 is 10.9 Å². The van der Waals surface area contributed by atoms with Crippen LogP contribution >= 0.6 is 0 Å². The lowest BCUT2D eigenvalue weighted by molar-refractivity contribution is 0.0272. The highest BCUT2D eigenvalue weighted by atomic mass is 16.5. The molecule has 0 bridgehead atoms. The van der Waals surface area contributed by atoms with Gasteiger partial charge in [-0.3, -0.25) is 9.59 Å². The van der Waals surface area contributed by atoms with E-state index in [9.17, 15) is 9.59 Å². The number of ether oxygens (including phenoxy) is 1. The summed E-state index contributed by atoms with van der Waals surface area (Å²) in [6.07, 6.45) is 3.30. The van der Waals surface area contributed by atoms with Crippen LogP contribution in [0.2, 0.25) is 0 Å². The first-order chi connectivity index (χ1) is 8.09. The average molecular weight is 236 g/mol. The van der Waals surface area contributed by atoms with Gasteiger partial charge in [-0.25, -0.2) is 0 Å². The Kier molecular flexibility index (Phi) is 3.28. The summed E-state index contributed by atoms with van der Waals surface area (Å²) in [5.41, 5.74) is -0.235. The zero-order chi connectivity index (χ0) is 12.3. The molecule has 1 fully saturated rings. The summed E-state index contributed by atoms with van der Waals surface area (Å²) in [4.78, 5) is 25.5. The molecule has 0 spiro atoms. The van der Waals surface area contributed by atoms with Crippen molar-refractivity contribution in [1.82, 2.24) is 10.3 Å². The number of amides is 1. The van der Waals surface area contributed by atoms with Crippen LogP contribution in [0, 0.1) is 0 Å². The molecule has 92 valence electrons. The van der Waals surface area contributed by atoms with Gasteiger partial charge in [0.15, 0.2) is 0 Å². The molecule has 0 radical (unpaired) electrons. The van der Waals surface area contributed by atoms with E-state index in [-0.39, 0.29) is 17.0 Å². The summed E-state index contributed by atoms with van der Waals surface area (Å²) >= 11 is 0. The van der Waals surface area contributed by atoms with E-state index in [2.05, 4.69) is 10.3 Å². The van der Waals surface area contributed by atoms with Crippen molar-refractivity contribution >= 4 is 5.91 Å². The van der Waals surface area contributed by atoms with Gasteiger partial charge in [-0.15, -0.1) is 0 Å². The molecular formula is C12H16N2O3. The zero-order valence-electron chi connectivity index (χ0n) is 9.79. The molecule has 1 aliphatic heterocycles. The van der Waals surface area contributed by atoms with Gasteiger partial charge in [0.25, 0.3) is 5.91 Å². The third-order valence-corrected chi connectivity index (χ3v) is 2.89. The van der Waals surface area contributed by atoms with Crippen molar-refractivity contribution in [3.63, 3.8) is 0 Å². The van der Waals surface area contributed by atoms with Crippen molar-refractivity contribution in [2.45, 2.75) is 25.3 Å². The molecule has 0 saturated carbocycles. The van der Waals surface area contributed by atoms with Crippen LogP contribution in [-0.4, -0.2) is 29.6 Å². The highest BCUT2D eigenvalue weighted by Crippen LogP contribution is 2.18. The Labute approximate surface area is 99.2 Å². The first kappa shape index (κ1) is 11.9. The molecule has 5 heteroatoms. The van der Waals surface area contributed by atoms with E-state index in [1.54, 1.807) is 6.07 Å². The van der Waals surface area contributed by atoms with E-state index >= 15 is 0 Å². The summed E-state index contributed by atoms with van der Waals surface area (Å²) in [6.45, 7) is 3.22. The van der Waals surface area contributed by atoms with Gasteiger partial charge in [0.05, 0.1) is 12.1 Å². The number of H-pyrrole nitrogens is 1. The number of pyridine rings is 1. The van der Waals surface area contributed by atoms with Gasteiger partial charge >= 0.3 is 0 Å². The van der Waals surface area contributed by atoms with Gasteiger partial charge in [0.2, 0.25) is 5.56 Å². The molecule has 0 aliphatic carbocycles. The first-order valence-corrected chi connectivity index (χ1v) is 5.68. The van der Waals surface area contributed by atoms with Gasteiger partial charge < -0.3 is 15.0 Å². The van der Waals surface area contributed by atoms with Gasteiger partial charge in [0.1, 0.15) is 0 Å². The minimum absolute atomic E-state index is 0.232. The molecule has 0 aromatic carbocycles. The number of aromatic amines is 1. The van der Waals surface area contributed by atoms with Gasteiger partial charge in [-0.1, -0.05) is 0 Å². The predicted octanol–water partition coefficient (Wildman–Crippen LogP) is 0.674. The largest absolute Gasteiger partial charge is 0.379 e. The van der Waals surface area contributed by atoms with Gasteiger partial charge in [-0.2, -0.15) is 0 Å². The Morgan fingerprint density at radius 2 is 2.41 bits per heavy atom. The molecule has 1 aromatic heterocycles. The van der Waals surface area contributed by atoms with Crippen molar-refractivity contribution in [2.75, 3.05) is 13.2 Å². The standard InChI is InChI=1S/C12H16N2O3/c1-12(4-2-6-17-8-12)14-11(16)9-3-5-13-10(15)7-9/h3,5,7H,2,4,6,8H2,1H3,(H,13,15)(H,14,16). The Morgan fingerprint density at radius 1 is 1.59 bits per heavy atom. The zero-order valence-corrected chi connectivity index (χ0v) is 9.79. The molecule has 2 N–H and O–H groups in total. The molecule has 1 aliphatic rings. The molecule has 1 atom stereocenters. The summed E-state index contributed by atoms with van der Waals surface area (Å²) < 4.78 is 5.36. The van der Waals surface area contributed by atoms with Crippen LogP contribution in [0.25, 0.3) is 0 Å². The lowest BCUT2D eigenvalue weighted by Crippen LogP contribution is -2.51. The number of nitrogens with one attached hydrogen (secondary N) is 2. The fourth-order valence-electron chi connectivity index (χ4n) is 1.96. The maximum atomic E-state index is 12.0. The Morgan fingerprint density at radius 3 is 3.06 bits per heavy atom. The molecule has 17 heavy (non-hydrogen) atoms. The minimum atomic E-state index is -0.335. The normalized spacial score (nSPS) is 24.3. The third kappa shape index (κ3) is 2.94. The molecule has 1 amide bonds. The number of carbonyl (C=O) groups excluding carboxylic acids is 1. The SMILES string of the molecule is CC1(NC(=O)c2cc[nH]c(=O)c2)CCCOC1. The van der Waals surface area contributed by atoms with E-state index in [1.807, 2.05) is 6.92 Å². The van der Waals surface area contributed by atoms with Gasteiger partial charge in [-0.05, 0) is 25.8 Å². The fourth-order valence-corrected chi connectivity index (χ4v) is 1.96. The number of hydrogen-bond donors (Lipinski definition) is 2. The number of hydrogen-bond acceptors (Lipinski definition) is 3. The molecular weight excluding hydrogens is 220 g/mol. The average Bonchev–Trinajstić information content (AvgIpc) is 2.29. The monoisotopic (exact) mass is 236 g/mol. The number of aromatic nitrogens is 1. The Hall–Kier alpha value is -1.62. The van der Waals surface area contributed by atoms with Gasteiger partial charge in [0, 0.05) is 24.4 Å². The molecule has 1 unspecified atom stereocenters. The van der Waals surface area contributed by atoms with Crippen LogP contribution in [0.5, 0.6) is 0 Å². The smallest absolute Gasteiger partial charge is 0.252 e. The fraction of sp³-hybridized carbons (Fsp3) is 0.500. The van der Waals surface area contributed by atoms with Crippen molar-refractivity contribution in [2.24, 2.45) is 0 Å². The molecule has 2 heterocycles. The summed E-state index contributed by atoms with van der Waals surface area (Å²) in [5, 5.41) is 2.92. The molecule has 1 saturated heterocycles. The molecule has 2 rings (SSSR count). The van der Waals surface area contributed by atoms with Crippen LogP contribution in [0.3, 0.4) is 0 Å². The third-order valence-electron chi connectivity index (χ3n) is 2.89. The van der Waals surface area contributed by atoms with Crippen LogP contribution in [0.4, 0.5) is 0 Å². The summed E-state index contributed by atoms with van der Waals surface area (Å²) in [6, 6.07) is 2.88. The quantitative estimate of drug-likeness (QED) is 0.793. The lowest BCUT2D eigenvalue weighted by atomic mass is 9.94. The van der Waals surface area contributed by atoms with Crippen molar-refractivity contribution in [3.05, 3.63) is 34.2 Å². The second-order valence-corrected chi connectivity index (χ2v) is 4.61. The van der Waals surface area contributed by atoms with E-state index in [0.717, 1.165) is 19.4 Å². The first-order valence-electron chi connectivity index (χ1n) is 5.68. The van der Waals surface area contributed by atoms with Crippen LogP contribution in [0.15, 0.2) is 23.1 Å². The van der Waals surface area contributed by atoms with E-state index in [4.69, 9.17) is 4.74 Å². The topological polar surface area (TPSA) is 71.2 Å². The minimum Gasteiger partial charge on any atom is -0.379 e. The second-order valence-electron chi connectivity index (χ2n) is 4.61. The maximum absolute atomic E-state index is 12.0. The maximum Gasteiger partial charge on any atom is 0.252 e. The van der Waals surface area contributed by atoms with Crippen LogP contribution in [0.1, 0.15) is 30.1 Å². The Balaban J connectivity index is 2.08. The molecule has 1 aromatic rings. The number of rotatable bonds is 2. The lowest BCUT2D eigenvalue weighted by Gasteiger charge is -2.34. The van der Waals surface area contributed by atoms with Crippen molar-refractivity contribution < 1.29 is 9.53 Å². The van der Waals surface area contributed by atoms with E-state index < -0.39 is 0 Å².